The molecule has 1 aliphatic rings. The van der Waals surface area contributed by atoms with Crippen LogP contribution in [0.1, 0.15) is 135 Å². The summed E-state index contributed by atoms with van der Waals surface area (Å²) in [6, 6.07) is 9.32. The maximum atomic E-state index is 13.6. The molecule has 0 aromatic heterocycles. The number of rotatable bonds is 15. The maximum absolute atomic E-state index is 13.6. The molecule has 0 bridgehead atoms. The molecule has 3 atom stereocenters. The van der Waals surface area contributed by atoms with Gasteiger partial charge in [-0.05, 0) is 72.4 Å². The molecule has 3 unspecified atom stereocenters. The van der Waals surface area contributed by atoms with Gasteiger partial charge >= 0.3 is 6.16 Å². The topological polar surface area (TPSA) is 72.9 Å². The summed E-state index contributed by atoms with van der Waals surface area (Å²) in [6.07, 6.45) is 14.2. The molecule has 0 aliphatic carbocycles. The van der Waals surface area contributed by atoms with Gasteiger partial charge in [-0.25, -0.2) is 4.79 Å². The lowest BCUT2D eigenvalue weighted by Crippen LogP contribution is -2.55. The van der Waals surface area contributed by atoms with Crippen LogP contribution in [0.3, 0.4) is 0 Å². The third-order valence-electron chi connectivity index (χ3n) is 7.36. The fourth-order valence-electron chi connectivity index (χ4n) is 5.34. The SMILES string of the molecule is CC(=O)CCCCCCCCCCCCC1CCC(OC(=O)OC(C)(C)C)C(C)N1C(=O)c1ccccc1. The number of piperidine rings is 1. The lowest BCUT2D eigenvalue weighted by Gasteiger charge is -2.44. The molecule has 1 aliphatic heterocycles. The van der Waals surface area contributed by atoms with E-state index in [-0.39, 0.29) is 24.1 Å². The van der Waals surface area contributed by atoms with E-state index in [1.165, 1.54) is 51.4 Å². The Kier molecular flexibility index (Phi) is 13.9. The van der Waals surface area contributed by atoms with Crippen LogP contribution in [-0.4, -0.2) is 46.5 Å². The summed E-state index contributed by atoms with van der Waals surface area (Å²) in [4.78, 5) is 38.9. The maximum Gasteiger partial charge on any atom is 0.509 e. The number of nitrogens with zero attached hydrogens (tertiary/aromatic N) is 1. The first-order valence-electron chi connectivity index (χ1n) is 14.9. The Hall–Kier alpha value is -2.37. The summed E-state index contributed by atoms with van der Waals surface area (Å²) in [6.45, 7) is 9.11. The van der Waals surface area contributed by atoms with Crippen LogP contribution in [0.2, 0.25) is 0 Å². The van der Waals surface area contributed by atoms with Crippen LogP contribution in [0, 0.1) is 0 Å². The molecule has 1 saturated heterocycles. The predicted octanol–water partition coefficient (Wildman–Crippen LogP) is 8.27. The average molecular weight is 530 g/mol. The molecule has 6 nitrogen and oxygen atoms in total. The molecule has 2 rings (SSSR count). The van der Waals surface area contributed by atoms with Gasteiger partial charge in [0.1, 0.15) is 17.5 Å². The lowest BCUT2D eigenvalue weighted by atomic mass is 9.89. The quantitative estimate of drug-likeness (QED) is 0.169. The van der Waals surface area contributed by atoms with E-state index in [1.807, 2.05) is 62.9 Å². The third-order valence-corrected chi connectivity index (χ3v) is 7.36. The van der Waals surface area contributed by atoms with Crippen molar-refractivity contribution in [3.63, 3.8) is 0 Å². The van der Waals surface area contributed by atoms with E-state index in [4.69, 9.17) is 9.47 Å². The van der Waals surface area contributed by atoms with E-state index in [2.05, 4.69) is 0 Å². The molecule has 1 heterocycles. The Morgan fingerprint density at radius 3 is 1.95 bits per heavy atom. The number of likely N-dealkylation sites (tertiary alicyclic amines) is 1. The highest BCUT2D eigenvalue weighted by atomic mass is 16.7. The first kappa shape index (κ1) is 31.8. The fourth-order valence-corrected chi connectivity index (χ4v) is 5.34. The van der Waals surface area contributed by atoms with Crippen molar-refractivity contribution in [2.75, 3.05) is 0 Å². The van der Waals surface area contributed by atoms with Crippen molar-refractivity contribution in [2.45, 2.75) is 148 Å². The number of ketones is 1. The smallest absolute Gasteiger partial charge is 0.429 e. The summed E-state index contributed by atoms with van der Waals surface area (Å²) >= 11 is 0. The molecular weight excluding hydrogens is 478 g/mol. The molecule has 6 heteroatoms. The number of carbonyl (C=O) groups excluding carboxylic acids is 3. The second-order valence-corrected chi connectivity index (χ2v) is 11.9. The van der Waals surface area contributed by atoms with Gasteiger partial charge in [0.05, 0.1) is 6.04 Å². The molecule has 0 N–H and O–H groups in total. The first-order chi connectivity index (χ1) is 18.1. The number of carbonyl (C=O) groups is 3. The van der Waals surface area contributed by atoms with Crippen molar-refractivity contribution in [3.8, 4) is 0 Å². The van der Waals surface area contributed by atoms with Gasteiger partial charge < -0.3 is 19.2 Å². The Balaban J connectivity index is 1.80. The second-order valence-electron chi connectivity index (χ2n) is 11.9. The van der Waals surface area contributed by atoms with Gasteiger partial charge in [-0.2, -0.15) is 0 Å². The molecule has 0 spiro atoms. The molecule has 1 fully saturated rings. The molecule has 0 saturated carbocycles. The molecule has 38 heavy (non-hydrogen) atoms. The monoisotopic (exact) mass is 529 g/mol. The highest BCUT2D eigenvalue weighted by molar-refractivity contribution is 5.94. The van der Waals surface area contributed by atoms with Crippen molar-refractivity contribution in [1.82, 2.24) is 4.90 Å². The number of hydrogen-bond acceptors (Lipinski definition) is 5. The van der Waals surface area contributed by atoms with Crippen LogP contribution in [-0.2, 0) is 14.3 Å². The van der Waals surface area contributed by atoms with E-state index >= 15 is 0 Å². The van der Waals surface area contributed by atoms with Crippen molar-refractivity contribution in [1.29, 1.82) is 0 Å². The summed E-state index contributed by atoms with van der Waals surface area (Å²) in [5.74, 6) is 0.304. The number of hydrogen-bond donors (Lipinski definition) is 0. The molecule has 1 aromatic carbocycles. The average Bonchev–Trinajstić information content (AvgIpc) is 2.85. The Bertz CT molecular complexity index is 847. The summed E-state index contributed by atoms with van der Waals surface area (Å²) in [7, 11) is 0. The first-order valence-corrected chi connectivity index (χ1v) is 14.9. The standard InChI is InChI=1S/C32H51NO5/c1-25(34)19-15-12-10-8-6-7-9-11-13-18-22-28-23-24-29(37-31(36)38-32(3,4)5)26(2)33(28)30(35)27-20-16-14-17-21-27/h14,16-17,20-21,26,28-29H,6-13,15,18-19,22-24H2,1-5H3. The van der Waals surface area contributed by atoms with E-state index in [0.29, 0.717) is 11.3 Å². The van der Waals surface area contributed by atoms with Gasteiger partial charge in [-0.15, -0.1) is 0 Å². The van der Waals surface area contributed by atoms with E-state index in [9.17, 15) is 14.4 Å². The Morgan fingerprint density at radius 1 is 0.842 bits per heavy atom. The number of ether oxygens (including phenoxy) is 2. The van der Waals surface area contributed by atoms with Gasteiger partial charge in [0.25, 0.3) is 5.91 Å². The number of unbranched alkanes of at least 4 members (excludes halogenated alkanes) is 9. The van der Waals surface area contributed by atoms with Crippen molar-refractivity contribution >= 4 is 17.8 Å². The van der Waals surface area contributed by atoms with Gasteiger partial charge in [0.2, 0.25) is 0 Å². The van der Waals surface area contributed by atoms with Crippen LogP contribution in [0.4, 0.5) is 4.79 Å². The normalized spacial score (nSPS) is 19.7. The van der Waals surface area contributed by atoms with Crippen LogP contribution in [0.25, 0.3) is 0 Å². The molecule has 214 valence electrons. The zero-order chi connectivity index (χ0) is 28.0. The van der Waals surface area contributed by atoms with E-state index < -0.39 is 11.8 Å². The van der Waals surface area contributed by atoms with Crippen LogP contribution in [0.15, 0.2) is 30.3 Å². The Labute approximate surface area is 230 Å². The van der Waals surface area contributed by atoms with E-state index in [1.54, 1.807) is 6.92 Å². The van der Waals surface area contributed by atoms with Gasteiger partial charge in [0.15, 0.2) is 0 Å². The highest BCUT2D eigenvalue weighted by Crippen LogP contribution is 2.31. The molecular formula is C32H51NO5. The van der Waals surface area contributed by atoms with Gasteiger partial charge in [0, 0.05) is 18.0 Å². The Morgan fingerprint density at radius 2 is 1.39 bits per heavy atom. The van der Waals surface area contributed by atoms with Crippen molar-refractivity contribution < 1.29 is 23.9 Å². The van der Waals surface area contributed by atoms with Gasteiger partial charge in [-0.1, -0.05) is 76.0 Å². The molecule has 1 amide bonds. The summed E-state index contributed by atoms with van der Waals surface area (Å²) in [5.41, 5.74) is 0.0523. The fraction of sp³-hybridized carbons (Fsp3) is 0.719. The largest absolute Gasteiger partial charge is 0.509 e. The minimum absolute atomic E-state index is 0.00360. The second kappa shape index (κ2) is 16.6. The number of amides is 1. The summed E-state index contributed by atoms with van der Waals surface area (Å²) in [5, 5.41) is 0. The predicted molar refractivity (Wildman–Crippen MR) is 152 cm³/mol. The molecule has 0 radical (unpaired) electrons. The number of Topliss-reactive ketones (excluding diaryl/α,β-unsaturated/α-hetero) is 1. The van der Waals surface area contributed by atoms with Crippen molar-refractivity contribution in [2.24, 2.45) is 0 Å². The van der Waals surface area contributed by atoms with Crippen LogP contribution < -0.4 is 0 Å². The van der Waals surface area contributed by atoms with Gasteiger partial charge in [-0.3, -0.25) is 4.79 Å². The minimum Gasteiger partial charge on any atom is -0.429 e. The summed E-state index contributed by atoms with van der Waals surface area (Å²) < 4.78 is 11.1. The van der Waals surface area contributed by atoms with Crippen molar-refractivity contribution in [3.05, 3.63) is 35.9 Å². The van der Waals surface area contributed by atoms with E-state index in [0.717, 1.165) is 38.5 Å². The van der Waals surface area contributed by atoms with Crippen LogP contribution >= 0.6 is 0 Å². The third kappa shape index (κ3) is 12.0. The lowest BCUT2D eigenvalue weighted by molar-refractivity contribution is -0.117. The molecule has 1 aromatic rings. The number of benzene rings is 1. The highest BCUT2D eigenvalue weighted by Gasteiger charge is 2.40. The zero-order valence-corrected chi connectivity index (χ0v) is 24.5. The minimum atomic E-state index is -0.670. The zero-order valence-electron chi connectivity index (χ0n) is 24.5. The van der Waals surface area contributed by atoms with Crippen LogP contribution in [0.5, 0.6) is 0 Å².